The van der Waals surface area contributed by atoms with Crippen molar-refractivity contribution < 1.29 is 28.3 Å². The number of fused-ring (bicyclic) bond motifs is 2. The van der Waals surface area contributed by atoms with Crippen molar-refractivity contribution in [1.82, 2.24) is 10.6 Å². The Labute approximate surface area is 225 Å². The first-order valence-electron chi connectivity index (χ1n) is 12.9. The van der Waals surface area contributed by atoms with Crippen LogP contribution in [0.25, 0.3) is 33.1 Å². The fourth-order valence-electron chi connectivity index (χ4n) is 4.85. The van der Waals surface area contributed by atoms with Gasteiger partial charge < -0.3 is 24.6 Å². The number of aliphatic carboxylic acids is 1. The lowest BCUT2D eigenvalue weighted by Gasteiger charge is -2.20. The Balaban J connectivity index is 1.62. The molecule has 0 aliphatic heterocycles. The number of carbonyl (C=O) groups excluding carboxylic acids is 2. The maximum Gasteiger partial charge on any atom is 0.340 e. The first-order valence-corrected chi connectivity index (χ1v) is 12.9. The summed E-state index contributed by atoms with van der Waals surface area (Å²) < 4.78 is 11.8. The average molecular weight is 533 g/mol. The minimum Gasteiger partial charge on any atom is -0.480 e. The molecule has 204 valence electrons. The Bertz CT molecular complexity index is 1630. The predicted octanol–water partition coefficient (Wildman–Crippen LogP) is 4.41. The van der Waals surface area contributed by atoms with E-state index in [4.69, 9.17) is 8.83 Å². The highest BCUT2D eigenvalue weighted by Crippen LogP contribution is 2.39. The maximum atomic E-state index is 12.9. The van der Waals surface area contributed by atoms with Gasteiger partial charge in [-0.1, -0.05) is 50.6 Å². The molecule has 9 heteroatoms. The number of aryl methyl sites for hydroxylation is 3. The summed E-state index contributed by atoms with van der Waals surface area (Å²) in [5, 5.41) is 15.8. The summed E-state index contributed by atoms with van der Waals surface area (Å²) in [5.41, 5.74) is 3.81. The molecule has 0 saturated carbocycles. The number of nitrogens with one attached hydrogen (secondary N) is 2. The number of benzene rings is 2. The van der Waals surface area contributed by atoms with Crippen molar-refractivity contribution >= 4 is 39.7 Å². The topological polar surface area (TPSA) is 139 Å². The SMILES string of the molecule is CCC(C)C(NC(=O)CNC(=O)Cc1c(C)c2cc3c(-c4ccccc4)c(C)oc3c(C)c2oc1=O)C(=O)O. The third kappa shape index (κ3) is 5.43. The molecule has 39 heavy (non-hydrogen) atoms. The summed E-state index contributed by atoms with van der Waals surface area (Å²) >= 11 is 0. The minimum absolute atomic E-state index is 0.184. The van der Waals surface area contributed by atoms with E-state index in [2.05, 4.69) is 10.6 Å². The Morgan fingerprint density at radius 1 is 0.949 bits per heavy atom. The number of carboxylic acid groups (broad SMARTS) is 1. The Morgan fingerprint density at radius 2 is 1.62 bits per heavy atom. The van der Waals surface area contributed by atoms with Gasteiger partial charge in [0.15, 0.2) is 0 Å². The minimum atomic E-state index is -1.14. The van der Waals surface area contributed by atoms with E-state index in [9.17, 15) is 24.3 Å². The monoisotopic (exact) mass is 532 g/mol. The smallest absolute Gasteiger partial charge is 0.340 e. The van der Waals surface area contributed by atoms with Gasteiger partial charge >= 0.3 is 11.6 Å². The fourth-order valence-corrected chi connectivity index (χ4v) is 4.85. The van der Waals surface area contributed by atoms with E-state index in [1.807, 2.05) is 57.2 Å². The molecular weight excluding hydrogens is 500 g/mol. The van der Waals surface area contributed by atoms with Crippen LogP contribution in [0, 0.1) is 26.7 Å². The normalized spacial score (nSPS) is 12.8. The molecule has 2 atom stereocenters. The van der Waals surface area contributed by atoms with Crippen LogP contribution in [0.15, 0.2) is 50.0 Å². The molecule has 0 bridgehead atoms. The number of carbonyl (C=O) groups is 3. The quantitative estimate of drug-likeness (QED) is 0.272. The second-order valence-corrected chi connectivity index (χ2v) is 9.87. The summed E-state index contributed by atoms with van der Waals surface area (Å²) in [6.07, 6.45) is 0.274. The highest BCUT2D eigenvalue weighted by molar-refractivity contribution is 6.06. The lowest BCUT2D eigenvalue weighted by Crippen LogP contribution is -2.48. The highest BCUT2D eigenvalue weighted by Gasteiger charge is 2.26. The number of furan rings is 1. The third-order valence-corrected chi connectivity index (χ3v) is 7.27. The van der Waals surface area contributed by atoms with E-state index >= 15 is 0 Å². The molecule has 0 radical (unpaired) electrons. The standard InChI is InChI=1S/C30H32N2O7/c1-6-15(2)26(29(35)36)32-24(34)14-31-23(33)13-21-16(3)20-12-22-25(19-10-8-7-9-11-19)18(5)38-28(22)17(4)27(20)39-30(21)37/h7-12,15,26H,6,13-14H2,1-5H3,(H,31,33)(H,32,34)(H,35,36). The summed E-state index contributed by atoms with van der Waals surface area (Å²) in [7, 11) is 0. The van der Waals surface area contributed by atoms with Gasteiger partial charge in [-0.25, -0.2) is 9.59 Å². The van der Waals surface area contributed by atoms with Gasteiger partial charge in [-0.3, -0.25) is 9.59 Å². The molecule has 0 saturated heterocycles. The van der Waals surface area contributed by atoms with Gasteiger partial charge in [0.25, 0.3) is 0 Å². The van der Waals surface area contributed by atoms with Crippen molar-refractivity contribution in [3.63, 3.8) is 0 Å². The molecule has 0 aliphatic rings. The van der Waals surface area contributed by atoms with E-state index < -0.39 is 36.0 Å². The van der Waals surface area contributed by atoms with Gasteiger partial charge in [0.2, 0.25) is 11.8 Å². The molecule has 3 N–H and O–H groups in total. The molecule has 0 aliphatic carbocycles. The molecule has 2 aromatic heterocycles. The molecule has 2 unspecified atom stereocenters. The van der Waals surface area contributed by atoms with Crippen molar-refractivity contribution in [3.8, 4) is 11.1 Å². The fraction of sp³-hybridized carbons (Fsp3) is 0.333. The second-order valence-electron chi connectivity index (χ2n) is 9.87. The molecule has 4 aromatic rings. The Hall–Kier alpha value is -4.40. The molecule has 2 amide bonds. The van der Waals surface area contributed by atoms with E-state index in [1.165, 1.54) is 0 Å². The van der Waals surface area contributed by atoms with Gasteiger partial charge in [0.05, 0.1) is 18.5 Å². The largest absolute Gasteiger partial charge is 0.480 e. The van der Waals surface area contributed by atoms with Crippen molar-refractivity contribution in [2.75, 3.05) is 6.54 Å². The third-order valence-electron chi connectivity index (χ3n) is 7.27. The summed E-state index contributed by atoms with van der Waals surface area (Å²) in [4.78, 5) is 49.3. The molecular formula is C30H32N2O7. The van der Waals surface area contributed by atoms with Crippen LogP contribution in [0.1, 0.15) is 42.7 Å². The predicted molar refractivity (Wildman–Crippen MR) is 148 cm³/mol. The summed E-state index contributed by atoms with van der Waals surface area (Å²) in [6.45, 7) is 8.63. The first-order chi connectivity index (χ1) is 18.5. The number of hydrogen-bond donors (Lipinski definition) is 3. The first kappa shape index (κ1) is 27.6. The zero-order valence-corrected chi connectivity index (χ0v) is 22.6. The van der Waals surface area contributed by atoms with Crippen LogP contribution in [-0.4, -0.2) is 35.5 Å². The zero-order valence-electron chi connectivity index (χ0n) is 22.6. The van der Waals surface area contributed by atoms with Gasteiger partial charge in [0, 0.05) is 21.9 Å². The van der Waals surface area contributed by atoms with Crippen molar-refractivity contribution in [3.05, 3.63) is 69.3 Å². The van der Waals surface area contributed by atoms with Crippen LogP contribution in [0.4, 0.5) is 0 Å². The van der Waals surface area contributed by atoms with Gasteiger partial charge in [-0.05, 0) is 43.9 Å². The molecule has 0 fully saturated rings. The lowest BCUT2D eigenvalue weighted by atomic mass is 9.96. The Kier molecular flexibility index (Phi) is 7.90. The van der Waals surface area contributed by atoms with E-state index in [0.29, 0.717) is 34.1 Å². The van der Waals surface area contributed by atoms with E-state index in [0.717, 1.165) is 22.3 Å². The summed E-state index contributed by atoms with van der Waals surface area (Å²) in [5.74, 6) is -1.85. The number of amides is 2. The molecule has 9 nitrogen and oxygen atoms in total. The number of carboxylic acids is 1. The van der Waals surface area contributed by atoms with Crippen LogP contribution in [0.2, 0.25) is 0 Å². The van der Waals surface area contributed by atoms with Crippen molar-refractivity contribution in [2.45, 2.75) is 53.5 Å². The van der Waals surface area contributed by atoms with Crippen LogP contribution in [-0.2, 0) is 20.8 Å². The lowest BCUT2D eigenvalue weighted by molar-refractivity contribution is -0.143. The molecule has 2 heterocycles. The molecule has 2 aromatic carbocycles. The van der Waals surface area contributed by atoms with E-state index in [-0.39, 0.29) is 17.9 Å². The number of rotatable bonds is 9. The number of hydrogen-bond acceptors (Lipinski definition) is 6. The van der Waals surface area contributed by atoms with Gasteiger partial charge in [0.1, 0.15) is 23.0 Å². The Morgan fingerprint density at radius 3 is 2.26 bits per heavy atom. The molecule has 0 spiro atoms. The van der Waals surface area contributed by atoms with Crippen molar-refractivity contribution in [2.24, 2.45) is 5.92 Å². The average Bonchev–Trinajstić information content (AvgIpc) is 3.25. The van der Waals surface area contributed by atoms with Crippen LogP contribution >= 0.6 is 0 Å². The summed E-state index contributed by atoms with van der Waals surface area (Å²) in [6, 6.07) is 10.7. The second kappa shape index (κ2) is 11.1. The van der Waals surface area contributed by atoms with Gasteiger partial charge in [-0.15, -0.1) is 0 Å². The van der Waals surface area contributed by atoms with E-state index in [1.54, 1.807) is 13.8 Å². The zero-order chi connectivity index (χ0) is 28.4. The van der Waals surface area contributed by atoms with Crippen molar-refractivity contribution in [1.29, 1.82) is 0 Å². The maximum absolute atomic E-state index is 12.9. The van der Waals surface area contributed by atoms with Crippen LogP contribution in [0.5, 0.6) is 0 Å². The van der Waals surface area contributed by atoms with Crippen LogP contribution in [0.3, 0.4) is 0 Å². The molecule has 4 rings (SSSR count). The van der Waals surface area contributed by atoms with Crippen LogP contribution < -0.4 is 16.3 Å². The highest BCUT2D eigenvalue weighted by atomic mass is 16.4. The van der Waals surface area contributed by atoms with Gasteiger partial charge in [-0.2, -0.15) is 0 Å².